The standard InChI is InChI=1S/C19H21N5O5S/c1-29-16-7-6-14(11-15(16)24(27)28)12-30-13-18(25)20-8-4-10-23-19(26)22-9-3-2-5-17(22)21-23/h2-3,5-7,9,11H,4,8,10,12-13H2,1H3,(H,20,25). The number of nitrogens with one attached hydrogen (secondary N) is 1. The molecule has 0 aliphatic carbocycles. The number of nitro benzene ring substituents is 1. The Balaban J connectivity index is 1.40. The highest BCUT2D eigenvalue weighted by atomic mass is 32.2. The van der Waals surface area contributed by atoms with Gasteiger partial charge in [0.15, 0.2) is 11.4 Å². The van der Waals surface area contributed by atoms with Crippen molar-refractivity contribution in [1.82, 2.24) is 19.5 Å². The highest BCUT2D eigenvalue weighted by Crippen LogP contribution is 2.28. The molecular formula is C19H21N5O5S. The van der Waals surface area contributed by atoms with Crippen LogP contribution in [-0.4, -0.2) is 44.4 Å². The van der Waals surface area contributed by atoms with Crippen molar-refractivity contribution in [3.8, 4) is 5.75 Å². The van der Waals surface area contributed by atoms with Gasteiger partial charge in [-0.15, -0.1) is 16.9 Å². The van der Waals surface area contributed by atoms with Gasteiger partial charge in [0.2, 0.25) is 5.91 Å². The zero-order valence-electron chi connectivity index (χ0n) is 16.3. The molecule has 0 atom stereocenters. The first-order chi connectivity index (χ1) is 14.5. The van der Waals surface area contributed by atoms with E-state index in [0.717, 1.165) is 5.56 Å². The molecule has 11 heteroatoms. The molecule has 2 heterocycles. The van der Waals surface area contributed by atoms with Gasteiger partial charge >= 0.3 is 11.4 Å². The number of methoxy groups -OCH3 is 1. The average Bonchev–Trinajstić information content (AvgIpc) is 3.07. The lowest BCUT2D eigenvalue weighted by molar-refractivity contribution is -0.385. The van der Waals surface area contributed by atoms with Gasteiger partial charge in [0, 0.05) is 31.1 Å². The zero-order valence-corrected chi connectivity index (χ0v) is 17.1. The smallest absolute Gasteiger partial charge is 0.350 e. The lowest BCUT2D eigenvalue weighted by atomic mass is 10.2. The predicted octanol–water partition coefficient (Wildman–Crippen LogP) is 1.85. The SMILES string of the molecule is COc1ccc(CSCC(=O)NCCCn2nc3ccccn3c2=O)cc1[N+](=O)[O-]. The summed E-state index contributed by atoms with van der Waals surface area (Å²) >= 11 is 1.36. The molecule has 0 bridgehead atoms. The molecule has 2 aromatic heterocycles. The van der Waals surface area contributed by atoms with E-state index in [1.807, 2.05) is 6.07 Å². The Morgan fingerprint density at radius 3 is 2.90 bits per heavy atom. The summed E-state index contributed by atoms with van der Waals surface area (Å²) in [5.41, 5.74) is 1.02. The van der Waals surface area contributed by atoms with Crippen LogP contribution in [0.5, 0.6) is 5.75 Å². The first-order valence-electron chi connectivity index (χ1n) is 9.19. The van der Waals surface area contributed by atoms with Crippen molar-refractivity contribution in [2.75, 3.05) is 19.4 Å². The number of amides is 1. The average molecular weight is 431 g/mol. The third-order valence-electron chi connectivity index (χ3n) is 4.30. The summed E-state index contributed by atoms with van der Waals surface area (Å²) < 4.78 is 7.83. The Bertz CT molecular complexity index is 1110. The van der Waals surface area contributed by atoms with Crippen LogP contribution in [0, 0.1) is 10.1 Å². The second-order valence-corrected chi connectivity index (χ2v) is 7.38. The fraction of sp³-hybridized carbons (Fsp3) is 0.316. The Kier molecular flexibility index (Phi) is 7.07. The molecule has 0 saturated heterocycles. The summed E-state index contributed by atoms with van der Waals surface area (Å²) in [7, 11) is 1.38. The molecule has 158 valence electrons. The van der Waals surface area contributed by atoms with Gasteiger partial charge < -0.3 is 10.1 Å². The number of benzene rings is 1. The van der Waals surface area contributed by atoms with Crippen molar-refractivity contribution in [3.05, 3.63) is 68.8 Å². The van der Waals surface area contributed by atoms with Gasteiger partial charge in [0.1, 0.15) is 0 Å². The third-order valence-corrected chi connectivity index (χ3v) is 5.30. The van der Waals surface area contributed by atoms with E-state index in [0.29, 0.717) is 30.9 Å². The summed E-state index contributed by atoms with van der Waals surface area (Å²) in [5, 5.41) is 18.1. The Hall–Kier alpha value is -3.34. The van der Waals surface area contributed by atoms with Crippen LogP contribution in [0.25, 0.3) is 5.65 Å². The molecule has 30 heavy (non-hydrogen) atoms. The van der Waals surface area contributed by atoms with Gasteiger partial charge in [-0.25, -0.2) is 9.48 Å². The molecule has 1 aromatic carbocycles. The minimum atomic E-state index is -0.492. The van der Waals surface area contributed by atoms with Gasteiger partial charge in [0.05, 0.1) is 17.8 Å². The van der Waals surface area contributed by atoms with Crippen molar-refractivity contribution >= 4 is 29.0 Å². The fourth-order valence-electron chi connectivity index (χ4n) is 2.85. The largest absolute Gasteiger partial charge is 0.490 e. The molecule has 0 aliphatic rings. The minimum absolute atomic E-state index is 0.0951. The van der Waals surface area contributed by atoms with Crippen LogP contribution in [0.3, 0.4) is 0 Å². The maximum absolute atomic E-state index is 12.2. The van der Waals surface area contributed by atoms with Crippen molar-refractivity contribution in [3.63, 3.8) is 0 Å². The van der Waals surface area contributed by atoms with Crippen LogP contribution in [0.2, 0.25) is 0 Å². The maximum Gasteiger partial charge on any atom is 0.350 e. The molecule has 10 nitrogen and oxygen atoms in total. The first kappa shape index (κ1) is 21.4. The van der Waals surface area contributed by atoms with E-state index in [1.165, 1.54) is 34.0 Å². The highest BCUT2D eigenvalue weighted by molar-refractivity contribution is 7.99. The summed E-state index contributed by atoms with van der Waals surface area (Å²) in [5.74, 6) is 0.768. The number of nitro groups is 1. The number of aryl methyl sites for hydroxylation is 1. The van der Waals surface area contributed by atoms with Crippen LogP contribution in [0.4, 0.5) is 5.69 Å². The first-order valence-corrected chi connectivity index (χ1v) is 10.3. The van der Waals surface area contributed by atoms with Crippen LogP contribution >= 0.6 is 11.8 Å². The number of hydrogen-bond donors (Lipinski definition) is 1. The summed E-state index contributed by atoms with van der Waals surface area (Å²) in [6.45, 7) is 0.831. The fourth-order valence-corrected chi connectivity index (χ4v) is 3.66. The monoisotopic (exact) mass is 431 g/mol. The third kappa shape index (κ3) is 5.17. The molecule has 0 spiro atoms. The second kappa shape index (κ2) is 9.92. The van der Waals surface area contributed by atoms with E-state index in [9.17, 15) is 19.7 Å². The molecular weight excluding hydrogens is 410 g/mol. The Morgan fingerprint density at radius 1 is 1.33 bits per heavy atom. The molecule has 0 unspecified atom stereocenters. The molecule has 1 amide bonds. The summed E-state index contributed by atoms with van der Waals surface area (Å²) in [6, 6.07) is 10.1. The molecule has 1 N–H and O–H groups in total. The van der Waals surface area contributed by atoms with E-state index in [4.69, 9.17) is 4.74 Å². The van der Waals surface area contributed by atoms with Crippen LogP contribution in [0.15, 0.2) is 47.4 Å². The van der Waals surface area contributed by atoms with Gasteiger partial charge in [0.25, 0.3) is 0 Å². The van der Waals surface area contributed by atoms with E-state index < -0.39 is 4.92 Å². The van der Waals surface area contributed by atoms with E-state index in [2.05, 4.69) is 10.4 Å². The lowest BCUT2D eigenvalue weighted by Gasteiger charge is -2.06. The highest BCUT2D eigenvalue weighted by Gasteiger charge is 2.15. The van der Waals surface area contributed by atoms with Crippen LogP contribution in [-0.2, 0) is 17.1 Å². The van der Waals surface area contributed by atoms with E-state index in [1.54, 1.807) is 30.5 Å². The molecule has 3 rings (SSSR count). The van der Waals surface area contributed by atoms with Gasteiger partial charge in [-0.2, -0.15) is 0 Å². The summed E-state index contributed by atoms with van der Waals surface area (Å²) in [4.78, 5) is 34.7. The number of carbonyl (C=O) groups is 1. The predicted molar refractivity (Wildman–Crippen MR) is 113 cm³/mol. The molecule has 0 fully saturated rings. The normalized spacial score (nSPS) is 10.8. The van der Waals surface area contributed by atoms with Gasteiger partial charge in [-0.1, -0.05) is 12.1 Å². The van der Waals surface area contributed by atoms with Gasteiger partial charge in [-0.05, 0) is 30.2 Å². The number of ether oxygens (including phenoxy) is 1. The molecule has 0 aliphatic heterocycles. The quantitative estimate of drug-likeness (QED) is 0.295. The number of carbonyl (C=O) groups excluding carboxylic acids is 1. The van der Waals surface area contributed by atoms with Crippen LogP contribution < -0.4 is 15.7 Å². The number of fused-ring (bicyclic) bond motifs is 1. The lowest BCUT2D eigenvalue weighted by Crippen LogP contribution is -2.28. The molecule has 0 radical (unpaired) electrons. The number of rotatable bonds is 10. The summed E-state index contributed by atoms with van der Waals surface area (Å²) in [6.07, 6.45) is 2.24. The molecule has 3 aromatic rings. The van der Waals surface area contributed by atoms with E-state index >= 15 is 0 Å². The number of pyridine rings is 1. The van der Waals surface area contributed by atoms with Crippen LogP contribution in [0.1, 0.15) is 12.0 Å². The van der Waals surface area contributed by atoms with Crippen molar-refractivity contribution in [2.45, 2.75) is 18.7 Å². The number of thioether (sulfide) groups is 1. The number of hydrogen-bond acceptors (Lipinski definition) is 7. The zero-order chi connectivity index (χ0) is 21.5. The Morgan fingerprint density at radius 2 is 2.17 bits per heavy atom. The number of aromatic nitrogens is 3. The maximum atomic E-state index is 12.2. The van der Waals surface area contributed by atoms with Gasteiger partial charge in [-0.3, -0.25) is 19.3 Å². The minimum Gasteiger partial charge on any atom is -0.490 e. The van der Waals surface area contributed by atoms with Crippen molar-refractivity contribution in [1.29, 1.82) is 0 Å². The van der Waals surface area contributed by atoms with E-state index in [-0.39, 0.29) is 28.8 Å². The van der Waals surface area contributed by atoms with Crippen molar-refractivity contribution in [2.24, 2.45) is 0 Å². The topological polar surface area (TPSA) is 121 Å². The molecule has 0 saturated carbocycles. The van der Waals surface area contributed by atoms with Crippen molar-refractivity contribution < 1.29 is 14.5 Å². The number of nitrogens with zero attached hydrogens (tertiary/aromatic N) is 4. The Labute approximate surface area is 176 Å². The second-order valence-electron chi connectivity index (χ2n) is 6.39.